The molecule has 0 amide bonds. The lowest BCUT2D eigenvalue weighted by Gasteiger charge is -2.09. The number of aryl methyl sites for hydroxylation is 2. The molecule has 0 aliphatic rings. The molecule has 0 bridgehead atoms. The van der Waals surface area contributed by atoms with E-state index in [-0.39, 0.29) is 21.4 Å². The second-order valence-corrected chi connectivity index (χ2v) is 8.58. The van der Waals surface area contributed by atoms with Crippen LogP contribution in [-0.4, -0.2) is 27.0 Å². The van der Waals surface area contributed by atoms with Gasteiger partial charge < -0.3 is 15.5 Å². The van der Waals surface area contributed by atoms with Crippen molar-refractivity contribution in [1.82, 2.24) is 5.43 Å². The molecule has 0 saturated heterocycles. The number of anilines is 1. The summed E-state index contributed by atoms with van der Waals surface area (Å²) in [4.78, 5) is 11.8. The number of rotatable bonds is 5. The van der Waals surface area contributed by atoms with Crippen LogP contribution < -0.4 is 10.7 Å². The van der Waals surface area contributed by atoms with Crippen molar-refractivity contribution in [3.8, 4) is 16.2 Å². The lowest BCUT2D eigenvalue weighted by atomic mass is 10.0. The minimum absolute atomic E-state index is 0.00691. The van der Waals surface area contributed by atoms with E-state index in [9.17, 15) is 9.90 Å². The van der Waals surface area contributed by atoms with Crippen LogP contribution in [0, 0.1) is 13.8 Å². The number of nitrogens with zero attached hydrogens (tertiary/aromatic N) is 1. The first-order valence-electron chi connectivity index (χ1n) is 9.20. The van der Waals surface area contributed by atoms with Crippen LogP contribution in [0.25, 0.3) is 10.4 Å². The van der Waals surface area contributed by atoms with Crippen molar-refractivity contribution >= 4 is 57.6 Å². The Labute approximate surface area is 194 Å². The second kappa shape index (κ2) is 9.47. The Kier molecular flexibility index (Phi) is 6.94. The van der Waals surface area contributed by atoms with Gasteiger partial charge in [-0.15, -0.1) is 11.3 Å². The number of nitrogens with one attached hydrogen (secondary N) is 2. The lowest BCUT2D eigenvalue weighted by molar-refractivity contribution is 0.0697. The maximum atomic E-state index is 11.0. The lowest BCUT2D eigenvalue weighted by Crippen LogP contribution is -2.25. The standard InChI is InChI=1S/C22H20ClN3O3S2/c1-11-4-5-14(8-12(11)2)20-19(27)17(10-31-20)13(3)25-26-22(30)24-15-6-7-16(21(28)29)18(23)9-15/h4-10,27H,1-3H3,(H,28,29)(H2,24,26,30)/b25-13+. The summed E-state index contributed by atoms with van der Waals surface area (Å²) in [6.07, 6.45) is 0. The van der Waals surface area contributed by atoms with Gasteiger partial charge in [0.15, 0.2) is 5.11 Å². The first-order chi connectivity index (χ1) is 14.7. The molecular weight excluding hydrogens is 454 g/mol. The van der Waals surface area contributed by atoms with Gasteiger partial charge in [0.05, 0.1) is 26.7 Å². The Morgan fingerprint density at radius 2 is 1.87 bits per heavy atom. The summed E-state index contributed by atoms with van der Waals surface area (Å²) in [6.45, 7) is 5.85. The zero-order valence-corrected chi connectivity index (χ0v) is 19.4. The predicted octanol–water partition coefficient (Wildman–Crippen LogP) is 5.80. The van der Waals surface area contributed by atoms with E-state index < -0.39 is 5.97 Å². The van der Waals surface area contributed by atoms with E-state index in [4.69, 9.17) is 28.9 Å². The fourth-order valence-corrected chi connectivity index (χ4v) is 4.24. The summed E-state index contributed by atoms with van der Waals surface area (Å²) in [5.74, 6) is -0.931. The molecule has 0 fully saturated rings. The van der Waals surface area contributed by atoms with E-state index in [1.807, 2.05) is 31.4 Å². The zero-order chi connectivity index (χ0) is 22.7. The molecule has 9 heteroatoms. The van der Waals surface area contributed by atoms with Crippen molar-refractivity contribution in [2.45, 2.75) is 20.8 Å². The van der Waals surface area contributed by atoms with Gasteiger partial charge in [-0.1, -0.05) is 29.8 Å². The number of carboxylic acids is 1. The molecule has 6 nitrogen and oxygen atoms in total. The maximum Gasteiger partial charge on any atom is 0.337 e. The second-order valence-electron chi connectivity index (χ2n) is 6.89. The third-order valence-electron chi connectivity index (χ3n) is 4.71. The highest BCUT2D eigenvalue weighted by Crippen LogP contribution is 2.39. The summed E-state index contributed by atoms with van der Waals surface area (Å²) in [7, 11) is 0. The van der Waals surface area contributed by atoms with Gasteiger partial charge in [-0.05, 0) is 67.9 Å². The number of hydrazone groups is 1. The first kappa shape index (κ1) is 22.7. The number of carbonyl (C=O) groups is 1. The summed E-state index contributed by atoms with van der Waals surface area (Å²) in [5.41, 5.74) is 7.74. The van der Waals surface area contributed by atoms with E-state index in [2.05, 4.69) is 21.9 Å². The minimum atomic E-state index is -1.10. The SMILES string of the molecule is C/C(=N\NC(=S)Nc1ccc(C(=O)O)c(Cl)c1)c1csc(-c2ccc(C)c(C)c2)c1O. The molecule has 0 aliphatic carbocycles. The summed E-state index contributed by atoms with van der Waals surface area (Å²) in [6, 6.07) is 10.5. The quantitative estimate of drug-likeness (QED) is 0.212. The van der Waals surface area contributed by atoms with E-state index in [1.54, 1.807) is 13.0 Å². The molecule has 0 atom stereocenters. The molecule has 3 aromatic rings. The monoisotopic (exact) mass is 473 g/mol. The van der Waals surface area contributed by atoms with Crippen LogP contribution in [0.1, 0.15) is 34.0 Å². The molecule has 0 radical (unpaired) electrons. The van der Waals surface area contributed by atoms with Gasteiger partial charge in [0.1, 0.15) is 5.75 Å². The highest BCUT2D eigenvalue weighted by atomic mass is 35.5. The minimum Gasteiger partial charge on any atom is -0.506 e. The summed E-state index contributed by atoms with van der Waals surface area (Å²) >= 11 is 12.6. The summed E-state index contributed by atoms with van der Waals surface area (Å²) in [5, 5.41) is 29.0. The molecule has 0 saturated carbocycles. The van der Waals surface area contributed by atoms with Gasteiger partial charge in [-0.25, -0.2) is 4.79 Å². The smallest absolute Gasteiger partial charge is 0.337 e. The van der Waals surface area contributed by atoms with Crippen molar-refractivity contribution in [2.75, 3.05) is 5.32 Å². The number of aromatic hydroxyl groups is 1. The topological polar surface area (TPSA) is 94.0 Å². The van der Waals surface area contributed by atoms with Crippen molar-refractivity contribution in [2.24, 2.45) is 5.10 Å². The van der Waals surface area contributed by atoms with Crippen LogP contribution >= 0.6 is 35.2 Å². The number of halogens is 1. The Bertz CT molecular complexity index is 1200. The van der Waals surface area contributed by atoms with Crippen LogP contribution in [-0.2, 0) is 0 Å². The van der Waals surface area contributed by atoms with Crippen molar-refractivity contribution in [3.05, 3.63) is 69.1 Å². The van der Waals surface area contributed by atoms with Gasteiger partial charge in [0.2, 0.25) is 0 Å². The van der Waals surface area contributed by atoms with Crippen LogP contribution in [0.4, 0.5) is 5.69 Å². The fraction of sp³-hybridized carbons (Fsp3) is 0.136. The molecule has 0 aliphatic heterocycles. The number of hydrogen-bond acceptors (Lipinski definition) is 5. The average molecular weight is 474 g/mol. The van der Waals surface area contributed by atoms with Gasteiger partial charge >= 0.3 is 5.97 Å². The Morgan fingerprint density at radius 3 is 2.52 bits per heavy atom. The Morgan fingerprint density at radius 1 is 1.13 bits per heavy atom. The number of aromatic carboxylic acids is 1. The molecule has 3 rings (SSSR count). The fourth-order valence-electron chi connectivity index (χ4n) is 2.82. The normalized spacial score (nSPS) is 11.3. The van der Waals surface area contributed by atoms with Crippen LogP contribution in [0.15, 0.2) is 46.9 Å². The molecule has 1 heterocycles. The van der Waals surface area contributed by atoms with Gasteiger partial charge in [-0.3, -0.25) is 5.43 Å². The largest absolute Gasteiger partial charge is 0.506 e. The zero-order valence-electron chi connectivity index (χ0n) is 17.0. The number of hydrogen-bond donors (Lipinski definition) is 4. The average Bonchev–Trinajstić information content (AvgIpc) is 3.09. The highest BCUT2D eigenvalue weighted by molar-refractivity contribution is 7.80. The van der Waals surface area contributed by atoms with Gasteiger partial charge in [-0.2, -0.15) is 5.10 Å². The van der Waals surface area contributed by atoms with E-state index in [1.165, 1.54) is 29.0 Å². The molecule has 2 aromatic carbocycles. The third-order valence-corrected chi connectivity index (χ3v) is 6.23. The van der Waals surface area contributed by atoms with Crippen LogP contribution in [0.3, 0.4) is 0 Å². The molecule has 0 unspecified atom stereocenters. The molecule has 0 spiro atoms. The van der Waals surface area contributed by atoms with Gasteiger partial charge in [0, 0.05) is 11.1 Å². The van der Waals surface area contributed by atoms with Crippen molar-refractivity contribution in [3.63, 3.8) is 0 Å². The number of thiophene rings is 1. The maximum absolute atomic E-state index is 11.0. The van der Waals surface area contributed by atoms with E-state index in [0.29, 0.717) is 17.0 Å². The van der Waals surface area contributed by atoms with E-state index >= 15 is 0 Å². The van der Waals surface area contributed by atoms with Crippen LogP contribution in [0.2, 0.25) is 5.02 Å². The molecule has 31 heavy (non-hydrogen) atoms. The predicted molar refractivity (Wildman–Crippen MR) is 131 cm³/mol. The van der Waals surface area contributed by atoms with Crippen LogP contribution in [0.5, 0.6) is 5.75 Å². The summed E-state index contributed by atoms with van der Waals surface area (Å²) < 4.78 is 0. The Balaban J connectivity index is 1.71. The van der Waals surface area contributed by atoms with E-state index in [0.717, 1.165) is 16.0 Å². The molecule has 4 N–H and O–H groups in total. The van der Waals surface area contributed by atoms with Crippen molar-refractivity contribution < 1.29 is 15.0 Å². The molecule has 1 aromatic heterocycles. The van der Waals surface area contributed by atoms with Crippen molar-refractivity contribution in [1.29, 1.82) is 0 Å². The van der Waals surface area contributed by atoms with Gasteiger partial charge in [0.25, 0.3) is 0 Å². The number of benzene rings is 2. The molecule has 160 valence electrons. The molecular formula is C22H20ClN3O3S2. The third kappa shape index (κ3) is 5.22. The first-order valence-corrected chi connectivity index (χ1v) is 10.9. The number of thiocarbonyl (C=S) groups is 1. The Hall–Kier alpha value is -2.94. The highest BCUT2D eigenvalue weighted by Gasteiger charge is 2.15. The number of carboxylic acid groups (broad SMARTS) is 1.